The highest BCUT2D eigenvalue weighted by molar-refractivity contribution is 6.71. The van der Waals surface area contributed by atoms with E-state index in [1.165, 1.54) is 0 Å². The first-order valence-electron chi connectivity index (χ1n) is 19.2. The molecule has 12 heteroatoms. The first-order valence-corrected chi connectivity index (χ1v) is 22.3. The summed E-state index contributed by atoms with van der Waals surface area (Å²) in [6.07, 6.45) is 2.79. The van der Waals surface area contributed by atoms with Crippen LogP contribution in [0.15, 0.2) is 85.5 Å². The van der Waals surface area contributed by atoms with E-state index in [1.54, 1.807) is 15.9 Å². The second-order valence-electron chi connectivity index (χ2n) is 16.2. The topological polar surface area (TPSA) is 126 Å². The van der Waals surface area contributed by atoms with Crippen LogP contribution in [0.4, 0.5) is 17.1 Å². The molecule has 0 bridgehead atoms. The zero-order valence-corrected chi connectivity index (χ0v) is 32.4. The second kappa shape index (κ2) is 13.8. The van der Waals surface area contributed by atoms with Crippen LogP contribution in [-0.4, -0.2) is 91.4 Å². The van der Waals surface area contributed by atoms with Crippen molar-refractivity contribution in [1.29, 1.82) is 0 Å². The Bertz CT molecular complexity index is 1960. The smallest absolute Gasteiger partial charge is 0.264 e. The van der Waals surface area contributed by atoms with Crippen LogP contribution < -0.4 is 20.0 Å². The van der Waals surface area contributed by atoms with Crippen molar-refractivity contribution in [3.05, 3.63) is 102 Å². The van der Waals surface area contributed by atoms with Crippen LogP contribution in [0.5, 0.6) is 0 Å². The highest BCUT2D eigenvalue weighted by Gasteiger charge is 2.67. The van der Waals surface area contributed by atoms with Crippen molar-refractivity contribution in [3.63, 3.8) is 0 Å². The van der Waals surface area contributed by atoms with Gasteiger partial charge in [0.25, 0.3) is 11.8 Å². The number of nitrogens with one attached hydrogen (secondary N) is 1. The number of amides is 3. The molecule has 2 spiro atoms. The second-order valence-corrected chi connectivity index (χ2v) is 20.2. The quantitative estimate of drug-likeness (QED) is 0.230. The van der Waals surface area contributed by atoms with Gasteiger partial charge in [0.15, 0.2) is 13.9 Å². The summed E-state index contributed by atoms with van der Waals surface area (Å²) in [6, 6.07) is 23.4. The van der Waals surface area contributed by atoms with Crippen molar-refractivity contribution in [3.8, 4) is 0 Å². The van der Waals surface area contributed by atoms with E-state index in [2.05, 4.69) is 16.8 Å². The van der Waals surface area contributed by atoms with E-state index in [9.17, 15) is 24.3 Å². The number of anilines is 3. The van der Waals surface area contributed by atoms with Crippen LogP contribution in [0.2, 0.25) is 18.6 Å². The van der Waals surface area contributed by atoms with Crippen LogP contribution in [0.3, 0.4) is 0 Å². The molecule has 0 aliphatic carbocycles. The van der Waals surface area contributed by atoms with Gasteiger partial charge in [0, 0.05) is 41.5 Å². The summed E-state index contributed by atoms with van der Waals surface area (Å²) in [5, 5.41) is 13.8. The molecular formula is C42H51N5O6Si. The number of ether oxygens (including phenoxy) is 1. The third-order valence-corrected chi connectivity index (χ3v) is 15.3. The number of piperidine rings is 1. The van der Waals surface area contributed by atoms with Gasteiger partial charge in [-0.2, -0.15) is 0 Å². The first kappa shape index (κ1) is 36.6. The average Bonchev–Trinajstić information content (AvgIpc) is 3.72. The van der Waals surface area contributed by atoms with Gasteiger partial charge < -0.3 is 34.7 Å². The first-order chi connectivity index (χ1) is 25.9. The lowest BCUT2D eigenvalue weighted by Gasteiger charge is -2.39. The maximum absolute atomic E-state index is 14.9. The minimum absolute atomic E-state index is 0.0290. The number of carbonyl (C=O) groups excluding carboxylic acids is 3. The fourth-order valence-corrected chi connectivity index (χ4v) is 12.8. The number of rotatable bonds is 8. The maximum atomic E-state index is 14.9. The number of nitrogens with zero attached hydrogens (tertiary/aromatic N) is 4. The number of hydrogen-bond donors (Lipinski definition) is 3. The van der Waals surface area contributed by atoms with E-state index >= 15 is 0 Å². The van der Waals surface area contributed by atoms with Crippen molar-refractivity contribution < 1.29 is 29.0 Å². The van der Waals surface area contributed by atoms with E-state index in [0.717, 1.165) is 29.9 Å². The number of fused-ring (bicyclic) bond motifs is 3. The number of aliphatic hydroxyl groups excluding tert-OH is 1. The van der Waals surface area contributed by atoms with Crippen LogP contribution in [0.1, 0.15) is 42.9 Å². The Morgan fingerprint density at radius 1 is 1.00 bits per heavy atom. The lowest BCUT2D eigenvalue weighted by Crippen LogP contribution is -2.55. The molecule has 0 saturated carbocycles. The summed E-state index contributed by atoms with van der Waals surface area (Å²) < 4.78 is 7.04. The van der Waals surface area contributed by atoms with Crippen molar-refractivity contribution >= 4 is 43.1 Å². The zero-order valence-electron chi connectivity index (χ0n) is 31.4. The monoisotopic (exact) mass is 749 g/mol. The normalized spacial score (nSPS) is 27.6. The highest BCUT2D eigenvalue weighted by Crippen LogP contribution is 2.60. The van der Waals surface area contributed by atoms with Gasteiger partial charge in [-0.05, 0) is 86.9 Å². The average molecular weight is 750 g/mol. The molecule has 0 radical (unpaired) electrons. The fourth-order valence-electron chi connectivity index (χ4n) is 10.2. The van der Waals surface area contributed by atoms with E-state index in [1.807, 2.05) is 97.7 Å². The Balaban J connectivity index is 1.17. The van der Waals surface area contributed by atoms with Crippen LogP contribution in [0.25, 0.3) is 0 Å². The molecule has 5 heterocycles. The molecule has 3 N–H and O–H groups in total. The van der Waals surface area contributed by atoms with Gasteiger partial charge in [0.1, 0.15) is 5.54 Å². The molecule has 0 unspecified atom stereocenters. The Morgan fingerprint density at radius 3 is 2.39 bits per heavy atom. The van der Waals surface area contributed by atoms with E-state index in [4.69, 9.17) is 4.74 Å². The molecule has 3 fully saturated rings. The van der Waals surface area contributed by atoms with Crippen LogP contribution in [-0.2, 0) is 37.7 Å². The Labute approximate surface area is 318 Å². The molecule has 0 aromatic heterocycles. The number of aliphatic hydroxyl groups is 1. The van der Waals surface area contributed by atoms with Gasteiger partial charge in [-0.1, -0.05) is 55.5 Å². The summed E-state index contributed by atoms with van der Waals surface area (Å²) >= 11 is 0. The Hall–Kier alpha value is -4.33. The van der Waals surface area contributed by atoms with E-state index in [-0.39, 0.29) is 43.3 Å². The van der Waals surface area contributed by atoms with Gasteiger partial charge in [-0.25, -0.2) is 0 Å². The number of para-hydroxylation sites is 1. The number of benzene rings is 3. The van der Waals surface area contributed by atoms with Gasteiger partial charge in [0.05, 0.1) is 37.5 Å². The zero-order chi connectivity index (χ0) is 38.0. The maximum Gasteiger partial charge on any atom is 0.264 e. The SMILES string of the molecule is C=CCN1C(=O)[C@]2(O[C@H](CC(=O)N3Cc4ccccc4C[C@H]3CO)[C@@H]([Si](C)(C)O)[C@@H]2C)c2cc(N3CN(c4ccccc4)C4(CCNCC4)C3=O)ccc21. The van der Waals surface area contributed by atoms with Crippen molar-refractivity contribution in [1.82, 2.24) is 10.2 Å². The minimum atomic E-state index is -3.07. The molecule has 3 aromatic rings. The van der Waals surface area contributed by atoms with Crippen molar-refractivity contribution in [2.75, 3.05) is 47.6 Å². The van der Waals surface area contributed by atoms with Crippen molar-refractivity contribution in [2.24, 2.45) is 5.92 Å². The van der Waals surface area contributed by atoms with Crippen molar-refractivity contribution in [2.45, 2.75) is 81.1 Å². The summed E-state index contributed by atoms with van der Waals surface area (Å²) in [6.45, 7) is 11.9. The lowest BCUT2D eigenvalue weighted by atomic mass is 9.82. The third-order valence-electron chi connectivity index (χ3n) is 12.8. The molecule has 3 aromatic carbocycles. The van der Waals surface area contributed by atoms with E-state index in [0.29, 0.717) is 49.4 Å². The van der Waals surface area contributed by atoms with Crippen LogP contribution >= 0.6 is 0 Å². The predicted octanol–water partition coefficient (Wildman–Crippen LogP) is 4.29. The van der Waals surface area contributed by atoms with Gasteiger partial charge in [-0.15, -0.1) is 6.58 Å². The summed E-state index contributed by atoms with van der Waals surface area (Å²) in [4.78, 5) is 63.1. The van der Waals surface area contributed by atoms with E-state index < -0.39 is 37.0 Å². The Morgan fingerprint density at radius 2 is 1.70 bits per heavy atom. The molecule has 5 aliphatic rings. The highest BCUT2D eigenvalue weighted by atomic mass is 28.4. The molecule has 3 saturated heterocycles. The molecule has 3 amide bonds. The predicted molar refractivity (Wildman–Crippen MR) is 210 cm³/mol. The minimum Gasteiger partial charge on any atom is -0.432 e. The standard InChI is InChI=1S/C42H51N5O6Si/c1-5-21-44-35-16-15-32(46-27-47(31-13-7-6-8-14-31)41(39(46)50)17-19-43-20-18-41)23-34(35)42(40(44)51)28(2)38(54(3,4)52)36(53-42)24-37(49)45-25-30-12-10-9-11-29(30)22-33(45)26-48/h5-16,23,28,33,36,38,43,48,52H,1,17-22,24-27H2,2-4H3/t28-,33-,36+,38-,42+/m0/s1. The largest absolute Gasteiger partial charge is 0.432 e. The number of carbonyl (C=O) groups is 3. The molecule has 11 nitrogen and oxygen atoms in total. The molecule has 5 atom stereocenters. The van der Waals surface area contributed by atoms with Gasteiger partial charge in [0.2, 0.25) is 5.91 Å². The Kier molecular flexibility index (Phi) is 9.33. The molecular weight excluding hydrogens is 699 g/mol. The summed E-state index contributed by atoms with van der Waals surface area (Å²) in [5.41, 5.74) is 2.49. The number of hydrogen-bond acceptors (Lipinski definition) is 8. The molecule has 54 heavy (non-hydrogen) atoms. The molecule has 5 aliphatic heterocycles. The summed E-state index contributed by atoms with van der Waals surface area (Å²) in [7, 11) is -3.07. The fraction of sp³-hybridized carbons (Fsp3) is 0.452. The molecule has 8 rings (SSSR count). The van der Waals surface area contributed by atoms with Crippen LogP contribution in [0, 0.1) is 5.92 Å². The summed E-state index contributed by atoms with van der Waals surface area (Å²) in [5.74, 6) is -0.894. The van der Waals surface area contributed by atoms with Gasteiger partial charge in [-0.3, -0.25) is 19.3 Å². The van der Waals surface area contributed by atoms with Gasteiger partial charge >= 0.3 is 0 Å². The third kappa shape index (κ3) is 5.64. The lowest BCUT2D eigenvalue weighted by molar-refractivity contribution is -0.150. The molecule has 284 valence electrons.